The van der Waals surface area contributed by atoms with E-state index in [1.807, 2.05) is 20.8 Å². The zero-order valence-corrected chi connectivity index (χ0v) is 12.4. The number of hydrogen-bond donors (Lipinski definition) is 1. The lowest BCUT2D eigenvalue weighted by molar-refractivity contribution is -0.123. The lowest BCUT2D eigenvalue weighted by Crippen LogP contribution is -2.42. The van der Waals surface area contributed by atoms with Gasteiger partial charge in [-0.2, -0.15) is 5.10 Å². The van der Waals surface area contributed by atoms with Crippen molar-refractivity contribution in [3.8, 4) is 0 Å². The highest BCUT2D eigenvalue weighted by molar-refractivity contribution is 5.92. The second kappa shape index (κ2) is 5.59. The molecule has 2 rings (SSSR count). The second-order valence-electron chi connectivity index (χ2n) is 6.16. The van der Waals surface area contributed by atoms with Crippen molar-refractivity contribution in [3.05, 3.63) is 0 Å². The molecule has 5 nitrogen and oxygen atoms in total. The number of nitrogens with zero attached hydrogens (tertiary/aromatic N) is 2. The minimum atomic E-state index is -0.0483. The Hall–Kier alpha value is -0.940. The highest BCUT2D eigenvalue weighted by atomic mass is 16.5. The van der Waals surface area contributed by atoms with Crippen LogP contribution in [-0.2, 0) is 9.53 Å². The molecule has 2 aliphatic heterocycles. The molecule has 2 saturated heterocycles. The van der Waals surface area contributed by atoms with Crippen molar-refractivity contribution in [2.75, 3.05) is 20.1 Å². The SMILES string of the molecule is CC(C)C(=O)N/N=C1\CC2(CCN(C)CC2)OC1C. The number of hydrogen-bond acceptors (Lipinski definition) is 4. The van der Waals surface area contributed by atoms with Crippen LogP contribution in [0.5, 0.6) is 0 Å². The molecule has 1 spiro atoms. The van der Waals surface area contributed by atoms with Crippen LogP contribution in [0.25, 0.3) is 0 Å². The van der Waals surface area contributed by atoms with Crippen molar-refractivity contribution in [3.63, 3.8) is 0 Å². The number of likely N-dealkylation sites (tertiary alicyclic amines) is 1. The number of carbonyl (C=O) groups excluding carboxylic acids is 1. The Balaban J connectivity index is 1.97. The summed E-state index contributed by atoms with van der Waals surface area (Å²) in [5.41, 5.74) is 3.57. The van der Waals surface area contributed by atoms with Crippen LogP contribution in [0.15, 0.2) is 5.10 Å². The second-order valence-corrected chi connectivity index (χ2v) is 6.16. The first-order valence-electron chi connectivity index (χ1n) is 7.14. The highest BCUT2D eigenvalue weighted by Gasteiger charge is 2.44. The van der Waals surface area contributed by atoms with Gasteiger partial charge in [-0.1, -0.05) is 13.8 Å². The predicted octanol–water partition coefficient (Wildman–Crippen LogP) is 1.39. The van der Waals surface area contributed by atoms with E-state index in [-0.39, 0.29) is 23.5 Å². The molecule has 19 heavy (non-hydrogen) atoms. The van der Waals surface area contributed by atoms with Gasteiger partial charge in [-0.05, 0) is 26.8 Å². The van der Waals surface area contributed by atoms with Gasteiger partial charge in [0.15, 0.2) is 0 Å². The van der Waals surface area contributed by atoms with Gasteiger partial charge in [-0.3, -0.25) is 4.79 Å². The molecule has 2 fully saturated rings. The van der Waals surface area contributed by atoms with Crippen molar-refractivity contribution >= 4 is 11.6 Å². The summed E-state index contributed by atoms with van der Waals surface area (Å²) >= 11 is 0. The van der Waals surface area contributed by atoms with Crippen LogP contribution in [-0.4, -0.2) is 48.4 Å². The molecule has 1 amide bonds. The zero-order valence-electron chi connectivity index (χ0n) is 12.4. The largest absolute Gasteiger partial charge is 0.366 e. The standard InChI is InChI=1S/C14H25N3O2/c1-10(2)13(18)16-15-12-9-14(19-11(12)3)5-7-17(4)8-6-14/h10-11H,5-9H2,1-4H3,(H,16,18)/b15-12+. The summed E-state index contributed by atoms with van der Waals surface area (Å²) in [7, 11) is 2.14. The van der Waals surface area contributed by atoms with Gasteiger partial charge in [0, 0.05) is 25.4 Å². The van der Waals surface area contributed by atoms with Gasteiger partial charge < -0.3 is 9.64 Å². The van der Waals surface area contributed by atoms with Gasteiger partial charge in [-0.15, -0.1) is 0 Å². The molecule has 1 atom stereocenters. The molecule has 1 unspecified atom stereocenters. The summed E-state index contributed by atoms with van der Waals surface area (Å²) in [6.07, 6.45) is 2.95. The summed E-state index contributed by atoms with van der Waals surface area (Å²) in [5.74, 6) is -0.0803. The Labute approximate surface area is 115 Å². The molecule has 0 aromatic rings. The fourth-order valence-corrected chi connectivity index (χ4v) is 2.67. The maximum absolute atomic E-state index is 11.6. The maximum Gasteiger partial charge on any atom is 0.242 e. The van der Waals surface area contributed by atoms with Gasteiger partial charge >= 0.3 is 0 Å². The van der Waals surface area contributed by atoms with E-state index in [0.717, 1.165) is 38.1 Å². The average Bonchev–Trinajstić information content (AvgIpc) is 2.67. The predicted molar refractivity (Wildman–Crippen MR) is 75.0 cm³/mol. The third-order valence-corrected chi connectivity index (χ3v) is 4.13. The van der Waals surface area contributed by atoms with Crippen molar-refractivity contribution in [2.45, 2.75) is 51.7 Å². The fourth-order valence-electron chi connectivity index (χ4n) is 2.67. The van der Waals surface area contributed by atoms with Gasteiger partial charge in [0.1, 0.15) is 0 Å². The average molecular weight is 267 g/mol. The third-order valence-electron chi connectivity index (χ3n) is 4.13. The summed E-state index contributed by atoms with van der Waals surface area (Å²) in [6, 6.07) is 0. The molecular weight excluding hydrogens is 242 g/mol. The first-order chi connectivity index (χ1) is 8.92. The topological polar surface area (TPSA) is 53.9 Å². The molecule has 0 radical (unpaired) electrons. The van der Waals surface area contributed by atoms with Crippen LogP contribution in [0.4, 0.5) is 0 Å². The van der Waals surface area contributed by atoms with Crippen LogP contribution in [0.3, 0.4) is 0 Å². The van der Waals surface area contributed by atoms with Crippen LogP contribution < -0.4 is 5.43 Å². The minimum absolute atomic E-state index is 0.0101. The number of amides is 1. The van der Waals surface area contributed by atoms with Gasteiger partial charge in [0.25, 0.3) is 0 Å². The molecule has 0 saturated carbocycles. The monoisotopic (exact) mass is 267 g/mol. The van der Waals surface area contributed by atoms with Crippen molar-refractivity contribution in [1.82, 2.24) is 10.3 Å². The maximum atomic E-state index is 11.6. The van der Waals surface area contributed by atoms with E-state index in [2.05, 4.69) is 22.5 Å². The number of rotatable bonds is 2. The van der Waals surface area contributed by atoms with Gasteiger partial charge in [-0.25, -0.2) is 5.43 Å². The molecular formula is C14H25N3O2. The minimum Gasteiger partial charge on any atom is -0.366 e. The molecule has 2 aliphatic rings. The zero-order chi connectivity index (χ0) is 14.0. The Morgan fingerprint density at radius 2 is 2.11 bits per heavy atom. The number of ether oxygens (including phenoxy) is 1. The molecule has 0 aromatic carbocycles. The van der Waals surface area contributed by atoms with Crippen molar-refractivity contribution in [2.24, 2.45) is 11.0 Å². The van der Waals surface area contributed by atoms with Crippen LogP contribution in [0.2, 0.25) is 0 Å². The summed E-state index contributed by atoms with van der Waals surface area (Å²) in [6.45, 7) is 7.88. The van der Waals surface area contributed by atoms with E-state index in [0.29, 0.717) is 0 Å². The lowest BCUT2D eigenvalue weighted by Gasteiger charge is -2.36. The number of nitrogens with one attached hydrogen (secondary N) is 1. The third kappa shape index (κ3) is 3.34. The van der Waals surface area contributed by atoms with E-state index < -0.39 is 0 Å². The normalized spacial score (nSPS) is 29.3. The lowest BCUT2D eigenvalue weighted by atomic mass is 9.88. The Bertz CT molecular complexity index is 371. The molecule has 0 bridgehead atoms. The summed E-state index contributed by atoms with van der Waals surface area (Å²) in [4.78, 5) is 13.9. The summed E-state index contributed by atoms with van der Waals surface area (Å²) in [5, 5.41) is 4.27. The van der Waals surface area contributed by atoms with E-state index in [1.54, 1.807) is 0 Å². The number of piperidine rings is 1. The first-order valence-corrected chi connectivity index (χ1v) is 7.14. The van der Waals surface area contributed by atoms with Crippen LogP contribution in [0, 0.1) is 5.92 Å². The summed E-state index contributed by atoms with van der Waals surface area (Å²) < 4.78 is 6.13. The Morgan fingerprint density at radius 1 is 1.47 bits per heavy atom. The first kappa shape index (κ1) is 14.5. The molecule has 108 valence electrons. The van der Waals surface area contributed by atoms with Gasteiger partial charge in [0.05, 0.1) is 17.4 Å². The van der Waals surface area contributed by atoms with Crippen molar-refractivity contribution in [1.29, 1.82) is 0 Å². The van der Waals surface area contributed by atoms with E-state index >= 15 is 0 Å². The molecule has 0 aliphatic carbocycles. The van der Waals surface area contributed by atoms with Crippen LogP contribution >= 0.6 is 0 Å². The van der Waals surface area contributed by atoms with Crippen LogP contribution in [0.1, 0.15) is 40.0 Å². The molecule has 1 N–H and O–H groups in total. The Morgan fingerprint density at radius 3 is 2.68 bits per heavy atom. The Kier molecular flexibility index (Phi) is 4.26. The number of hydrazone groups is 1. The van der Waals surface area contributed by atoms with E-state index in [9.17, 15) is 4.79 Å². The molecule has 2 heterocycles. The van der Waals surface area contributed by atoms with E-state index in [1.165, 1.54) is 0 Å². The van der Waals surface area contributed by atoms with E-state index in [4.69, 9.17) is 4.74 Å². The van der Waals surface area contributed by atoms with Crippen molar-refractivity contribution < 1.29 is 9.53 Å². The number of carbonyl (C=O) groups is 1. The quantitative estimate of drug-likeness (QED) is 0.769. The molecule has 5 heteroatoms. The fraction of sp³-hybridized carbons (Fsp3) is 0.857. The smallest absolute Gasteiger partial charge is 0.242 e. The highest BCUT2D eigenvalue weighted by Crippen LogP contribution is 2.37. The van der Waals surface area contributed by atoms with Gasteiger partial charge in [0.2, 0.25) is 5.91 Å². The molecule has 0 aromatic heterocycles.